The summed E-state index contributed by atoms with van der Waals surface area (Å²) in [4.78, 5) is 12.5. The molecular formula is C19H24N3O5S+. The molecule has 9 heteroatoms. The van der Waals surface area contributed by atoms with E-state index < -0.39 is 10.0 Å². The number of pyridine rings is 1. The number of nitrogens with zero attached hydrogens (tertiary/aromatic N) is 2. The van der Waals surface area contributed by atoms with Gasteiger partial charge in [-0.25, -0.2) is 8.42 Å². The number of piperidine rings is 1. The fourth-order valence-electron chi connectivity index (χ4n) is 3.16. The summed E-state index contributed by atoms with van der Waals surface area (Å²) in [5.41, 5.74) is 0.284. The Balaban J connectivity index is 1.81. The highest BCUT2D eigenvalue weighted by Crippen LogP contribution is 2.29. The Morgan fingerprint density at radius 3 is 2.68 bits per heavy atom. The van der Waals surface area contributed by atoms with E-state index in [1.165, 1.54) is 46.4 Å². The molecular weight excluding hydrogens is 382 g/mol. The molecule has 8 nitrogen and oxygen atoms in total. The van der Waals surface area contributed by atoms with Gasteiger partial charge in [0.15, 0.2) is 11.9 Å². The molecule has 3 rings (SSSR count). The SMILES string of the molecule is COc1ccc(S(=O)(=O)N2CCCCC2)cc1NC(=O)C[n+]1cccc(O)c1. The van der Waals surface area contributed by atoms with E-state index in [2.05, 4.69) is 5.32 Å². The molecule has 1 aromatic carbocycles. The van der Waals surface area contributed by atoms with Crippen LogP contribution >= 0.6 is 0 Å². The third-order valence-electron chi connectivity index (χ3n) is 4.57. The number of carbonyl (C=O) groups excluding carboxylic acids is 1. The summed E-state index contributed by atoms with van der Waals surface area (Å²) < 4.78 is 34.0. The molecule has 1 saturated heterocycles. The van der Waals surface area contributed by atoms with Gasteiger partial charge in [0.25, 0.3) is 5.91 Å². The molecule has 2 N–H and O–H groups in total. The number of aromatic nitrogens is 1. The van der Waals surface area contributed by atoms with Gasteiger partial charge in [0.2, 0.25) is 22.8 Å². The summed E-state index contributed by atoms with van der Waals surface area (Å²) >= 11 is 0. The first-order valence-electron chi connectivity index (χ1n) is 9.06. The number of amides is 1. The first-order valence-corrected chi connectivity index (χ1v) is 10.5. The summed E-state index contributed by atoms with van der Waals surface area (Å²) in [6.45, 7) is 0.967. The highest BCUT2D eigenvalue weighted by Gasteiger charge is 2.27. The maximum absolute atomic E-state index is 12.9. The van der Waals surface area contributed by atoms with E-state index in [1.54, 1.807) is 12.3 Å². The summed E-state index contributed by atoms with van der Waals surface area (Å²) in [7, 11) is -2.17. The average Bonchev–Trinajstić information content (AvgIpc) is 2.68. The van der Waals surface area contributed by atoms with E-state index >= 15 is 0 Å². The molecule has 2 heterocycles. The Morgan fingerprint density at radius 1 is 1.25 bits per heavy atom. The Labute approximate surface area is 164 Å². The molecule has 1 aliphatic rings. The zero-order valence-corrected chi connectivity index (χ0v) is 16.5. The zero-order chi connectivity index (χ0) is 20.1. The predicted molar refractivity (Wildman–Crippen MR) is 103 cm³/mol. The topological polar surface area (TPSA) is 99.8 Å². The Morgan fingerprint density at radius 2 is 2.00 bits per heavy atom. The normalized spacial score (nSPS) is 15.2. The molecule has 1 amide bonds. The quantitative estimate of drug-likeness (QED) is 0.709. The number of carbonyl (C=O) groups is 1. The minimum atomic E-state index is -3.62. The summed E-state index contributed by atoms with van der Waals surface area (Å²) in [6, 6.07) is 7.57. The molecule has 1 aromatic heterocycles. The average molecular weight is 406 g/mol. The second kappa shape index (κ2) is 8.57. The Bertz CT molecular complexity index is 956. The van der Waals surface area contributed by atoms with Crippen molar-refractivity contribution >= 4 is 21.6 Å². The lowest BCUT2D eigenvalue weighted by molar-refractivity contribution is -0.684. The van der Waals surface area contributed by atoms with Gasteiger partial charge in [0.05, 0.1) is 17.7 Å². The maximum Gasteiger partial charge on any atom is 0.290 e. The Kier molecular flexibility index (Phi) is 6.15. The highest BCUT2D eigenvalue weighted by atomic mass is 32.2. The van der Waals surface area contributed by atoms with Crippen LogP contribution in [0.5, 0.6) is 11.5 Å². The number of methoxy groups -OCH3 is 1. The largest absolute Gasteiger partial charge is 0.503 e. The van der Waals surface area contributed by atoms with E-state index in [-0.39, 0.29) is 28.8 Å². The van der Waals surface area contributed by atoms with Crippen LogP contribution < -0.4 is 14.6 Å². The number of benzene rings is 1. The van der Waals surface area contributed by atoms with Crippen LogP contribution in [-0.2, 0) is 21.4 Å². The second-order valence-electron chi connectivity index (χ2n) is 6.61. The molecule has 2 aromatic rings. The van der Waals surface area contributed by atoms with Crippen LogP contribution in [0, 0.1) is 0 Å². The van der Waals surface area contributed by atoms with Crippen LogP contribution in [0.4, 0.5) is 5.69 Å². The van der Waals surface area contributed by atoms with Crippen molar-refractivity contribution in [2.45, 2.75) is 30.7 Å². The fraction of sp³-hybridized carbons (Fsp3) is 0.368. The third kappa shape index (κ3) is 4.60. The standard InChI is InChI=1S/C19H23N3O5S/c1-27-18-8-7-16(28(25,26)22-10-3-2-4-11-22)12-17(18)20-19(24)14-21-9-5-6-15(23)13-21/h5-9,12-13H,2-4,10-11,14H2,1H3,(H-,20,23,24)/p+1. The van der Waals surface area contributed by atoms with Gasteiger partial charge in [0.1, 0.15) is 5.75 Å². The number of anilines is 1. The number of ether oxygens (including phenoxy) is 1. The lowest BCUT2D eigenvalue weighted by Crippen LogP contribution is -2.39. The highest BCUT2D eigenvalue weighted by molar-refractivity contribution is 7.89. The van der Waals surface area contributed by atoms with Crippen LogP contribution in [0.15, 0.2) is 47.6 Å². The van der Waals surface area contributed by atoms with Crippen molar-refractivity contribution < 1.29 is 27.6 Å². The summed E-state index contributed by atoms with van der Waals surface area (Å²) in [6.07, 6.45) is 5.80. The van der Waals surface area contributed by atoms with Gasteiger partial charge in [-0.15, -0.1) is 0 Å². The van der Waals surface area contributed by atoms with Crippen molar-refractivity contribution in [1.82, 2.24) is 4.31 Å². The van der Waals surface area contributed by atoms with Gasteiger partial charge >= 0.3 is 0 Å². The van der Waals surface area contributed by atoms with Crippen molar-refractivity contribution in [1.29, 1.82) is 0 Å². The van der Waals surface area contributed by atoms with Gasteiger partial charge < -0.3 is 15.2 Å². The lowest BCUT2D eigenvalue weighted by Gasteiger charge is -2.26. The fourth-order valence-corrected chi connectivity index (χ4v) is 4.71. The molecule has 0 aliphatic carbocycles. The molecule has 0 radical (unpaired) electrons. The number of hydrogen-bond acceptors (Lipinski definition) is 5. The smallest absolute Gasteiger partial charge is 0.290 e. The predicted octanol–water partition coefficient (Wildman–Crippen LogP) is 1.50. The van der Waals surface area contributed by atoms with Crippen LogP contribution in [0.2, 0.25) is 0 Å². The molecule has 1 fully saturated rings. The monoisotopic (exact) mass is 406 g/mol. The van der Waals surface area contributed by atoms with Crippen molar-refractivity contribution in [3.05, 3.63) is 42.7 Å². The van der Waals surface area contributed by atoms with Crippen molar-refractivity contribution in [3.8, 4) is 11.5 Å². The number of hydrogen-bond donors (Lipinski definition) is 2. The maximum atomic E-state index is 12.9. The van der Waals surface area contributed by atoms with E-state index in [1.807, 2.05) is 0 Å². The van der Waals surface area contributed by atoms with E-state index in [9.17, 15) is 18.3 Å². The van der Waals surface area contributed by atoms with E-state index in [0.717, 1.165) is 19.3 Å². The van der Waals surface area contributed by atoms with E-state index in [0.29, 0.717) is 18.8 Å². The van der Waals surface area contributed by atoms with Gasteiger partial charge in [-0.3, -0.25) is 4.79 Å². The summed E-state index contributed by atoms with van der Waals surface area (Å²) in [5, 5.41) is 12.2. The number of nitrogens with one attached hydrogen (secondary N) is 1. The minimum Gasteiger partial charge on any atom is -0.503 e. The molecule has 0 saturated carbocycles. The summed E-state index contributed by atoms with van der Waals surface area (Å²) in [5.74, 6) is 0.0378. The van der Waals surface area contributed by atoms with Crippen LogP contribution in [0.25, 0.3) is 0 Å². The number of aromatic hydroxyl groups is 1. The third-order valence-corrected chi connectivity index (χ3v) is 6.46. The van der Waals surface area contributed by atoms with Gasteiger partial charge in [0, 0.05) is 19.2 Å². The van der Waals surface area contributed by atoms with Gasteiger partial charge in [-0.1, -0.05) is 6.42 Å². The van der Waals surface area contributed by atoms with Crippen molar-refractivity contribution in [2.75, 3.05) is 25.5 Å². The first-order chi connectivity index (χ1) is 13.4. The second-order valence-corrected chi connectivity index (χ2v) is 8.55. The Hall–Kier alpha value is -2.65. The van der Waals surface area contributed by atoms with Crippen molar-refractivity contribution in [3.63, 3.8) is 0 Å². The van der Waals surface area contributed by atoms with E-state index in [4.69, 9.17) is 4.74 Å². The van der Waals surface area contributed by atoms with Crippen LogP contribution in [0.1, 0.15) is 19.3 Å². The minimum absolute atomic E-state index is 0.0410. The molecule has 0 atom stereocenters. The molecule has 1 aliphatic heterocycles. The molecule has 0 spiro atoms. The van der Waals surface area contributed by atoms with Crippen LogP contribution in [-0.4, -0.2) is 43.9 Å². The van der Waals surface area contributed by atoms with Crippen molar-refractivity contribution in [2.24, 2.45) is 0 Å². The van der Waals surface area contributed by atoms with Gasteiger partial charge in [-0.2, -0.15) is 8.87 Å². The van der Waals surface area contributed by atoms with Gasteiger partial charge in [-0.05, 0) is 37.1 Å². The van der Waals surface area contributed by atoms with Crippen LogP contribution in [0.3, 0.4) is 0 Å². The molecule has 150 valence electrons. The molecule has 0 unspecified atom stereocenters. The molecule has 0 bridgehead atoms. The lowest BCUT2D eigenvalue weighted by atomic mass is 10.2. The first kappa shape index (κ1) is 20.1. The number of sulfonamides is 1. The molecule has 28 heavy (non-hydrogen) atoms. The zero-order valence-electron chi connectivity index (χ0n) is 15.7. The number of rotatable bonds is 6.